The van der Waals surface area contributed by atoms with E-state index in [1.807, 2.05) is 83.9 Å². The number of ether oxygens (including phenoxy) is 1. The molecular formula is C35H35ClN4O3. The first-order valence-corrected chi connectivity index (χ1v) is 15.1. The van der Waals surface area contributed by atoms with Crippen molar-refractivity contribution in [2.45, 2.75) is 13.0 Å². The molecule has 2 amide bonds. The molecule has 1 saturated heterocycles. The van der Waals surface area contributed by atoms with E-state index in [0.717, 1.165) is 39.6 Å². The molecule has 4 aromatic rings. The molecule has 0 saturated carbocycles. The third-order valence-electron chi connectivity index (χ3n) is 8.23. The fourth-order valence-corrected chi connectivity index (χ4v) is 5.88. The van der Waals surface area contributed by atoms with Gasteiger partial charge in [-0.25, -0.2) is 0 Å². The summed E-state index contributed by atoms with van der Waals surface area (Å²) in [7, 11) is 1.80. The molecule has 0 N–H and O–H groups in total. The minimum absolute atomic E-state index is 0.0512. The quantitative estimate of drug-likeness (QED) is 0.316. The van der Waals surface area contributed by atoms with Crippen molar-refractivity contribution < 1.29 is 14.3 Å². The molecule has 3 heterocycles. The van der Waals surface area contributed by atoms with Crippen LogP contribution in [0.5, 0.6) is 5.75 Å². The molecule has 2 aliphatic heterocycles. The molecule has 43 heavy (non-hydrogen) atoms. The van der Waals surface area contributed by atoms with Gasteiger partial charge < -0.3 is 14.5 Å². The molecule has 0 spiro atoms. The Balaban J connectivity index is 1.20. The number of likely N-dealkylation sites (tertiary alicyclic amines) is 1. The van der Waals surface area contributed by atoms with Crippen molar-refractivity contribution in [3.05, 3.63) is 119 Å². The smallest absolute Gasteiger partial charge is 0.253 e. The summed E-state index contributed by atoms with van der Waals surface area (Å²) in [5.41, 5.74) is 5.95. The Bertz CT molecular complexity index is 1590. The van der Waals surface area contributed by atoms with Crippen LogP contribution in [0.25, 0.3) is 11.1 Å². The Labute approximate surface area is 257 Å². The Morgan fingerprint density at radius 3 is 2.53 bits per heavy atom. The molecule has 6 rings (SSSR count). The fraction of sp³-hybridized carbons (Fsp3) is 0.286. The second-order valence-corrected chi connectivity index (χ2v) is 11.8. The maximum Gasteiger partial charge on any atom is 0.253 e. The van der Waals surface area contributed by atoms with Crippen molar-refractivity contribution in [3.8, 4) is 16.9 Å². The van der Waals surface area contributed by atoms with E-state index < -0.39 is 0 Å². The fourth-order valence-electron chi connectivity index (χ4n) is 5.76. The standard InChI is InChI=1S/C35H35ClN4O3/c1-38-14-15-40(35(42)31-23-39(24-31)22-25-7-10-32(36)11-8-25)16-17-43-33-12-9-27(29-6-3-13-37-21-29)20-30(33)19-26-4-2-5-28(18-26)34(38)41/h2-13,18,20-21,31H,14-17,19,22-24H2,1H3. The highest BCUT2D eigenvalue weighted by Crippen LogP contribution is 2.29. The third-order valence-corrected chi connectivity index (χ3v) is 8.48. The number of pyridine rings is 1. The third kappa shape index (κ3) is 6.90. The predicted octanol–water partition coefficient (Wildman–Crippen LogP) is 5.42. The molecule has 0 unspecified atom stereocenters. The average molecular weight is 595 g/mol. The number of likely N-dealkylation sites (N-methyl/N-ethyl adjacent to an activating group) is 1. The van der Waals surface area contributed by atoms with Crippen LogP contribution in [0, 0.1) is 5.92 Å². The summed E-state index contributed by atoms with van der Waals surface area (Å²) in [5.74, 6) is 0.768. The van der Waals surface area contributed by atoms with Gasteiger partial charge in [0.2, 0.25) is 5.91 Å². The largest absolute Gasteiger partial charge is 0.491 e. The van der Waals surface area contributed by atoms with Crippen LogP contribution in [0.2, 0.25) is 5.02 Å². The van der Waals surface area contributed by atoms with E-state index in [0.29, 0.717) is 51.3 Å². The Kier molecular flexibility index (Phi) is 8.72. The minimum atomic E-state index is -0.0711. The summed E-state index contributed by atoms with van der Waals surface area (Å²) in [6.07, 6.45) is 4.23. The highest BCUT2D eigenvalue weighted by Gasteiger charge is 2.35. The van der Waals surface area contributed by atoms with E-state index in [1.165, 1.54) is 5.56 Å². The van der Waals surface area contributed by atoms with Gasteiger partial charge in [-0.05, 0) is 64.7 Å². The average Bonchev–Trinajstić information content (AvgIpc) is 3.01. The number of carbonyl (C=O) groups excluding carboxylic acids is 2. The van der Waals surface area contributed by atoms with Gasteiger partial charge in [0.15, 0.2) is 0 Å². The van der Waals surface area contributed by atoms with E-state index in [2.05, 4.69) is 16.0 Å². The summed E-state index contributed by atoms with van der Waals surface area (Å²) in [6, 6.07) is 25.7. The number of rotatable bonds is 4. The molecule has 0 radical (unpaired) electrons. The number of amides is 2. The lowest BCUT2D eigenvalue weighted by molar-refractivity contribution is -0.142. The number of hydrogen-bond acceptors (Lipinski definition) is 5. The minimum Gasteiger partial charge on any atom is -0.491 e. The number of nitrogens with zero attached hydrogens (tertiary/aromatic N) is 4. The molecule has 2 aliphatic rings. The van der Waals surface area contributed by atoms with Gasteiger partial charge in [0.25, 0.3) is 5.91 Å². The molecule has 1 fully saturated rings. The summed E-state index contributed by atoms with van der Waals surface area (Å²) in [6.45, 7) is 3.91. The van der Waals surface area contributed by atoms with Gasteiger partial charge in [-0.15, -0.1) is 0 Å². The van der Waals surface area contributed by atoms with E-state index in [1.54, 1.807) is 18.1 Å². The number of fused-ring (bicyclic) bond motifs is 3. The Morgan fingerprint density at radius 1 is 0.930 bits per heavy atom. The highest BCUT2D eigenvalue weighted by molar-refractivity contribution is 6.30. The SMILES string of the molecule is CN1CCN(C(=O)C2CN(Cc3ccc(Cl)cc3)C2)CCOc2ccc(-c3cccnc3)cc2Cc2cccc(c2)C1=O. The molecular weight excluding hydrogens is 560 g/mol. The van der Waals surface area contributed by atoms with Gasteiger partial charge in [-0.3, -0.25) is 19.5 Å². The van der Waals surface area contributed by atoms with Crippen LogP contribution in [-0.2, 0) is 17.8 Å². The topological polar surface area (TPSA) is 66.0 Å². The van der Waals surface area contributed by atoms with Gasteiger partial charge in [0.05, 0.1) is 12.5 Å². The van der Waals surface area contributed by atoms with Gasteiger partial charge in [-0.2, -0.15) is 0 Å². The van der Waals surface area contributed by atoms with Crippen molar-refractivity contribution in [1.29, 1.82) is 0 Å². The van der Waals surface area contributed by atoms with Crippen LogP contribution in [-0.4, -0.2) is 77.9 Å². The molecule has 0 atom stereocenters. The molecule has 3 aromatic carbocycles. The van der Waals surface area contributed by atoms with Gasteiger partial charge >= 0.3 is 0 Å². The molecule has 7 nitrogen and oxygen atoms in total. The van der Waals surface area contributed by atoms with Crippen molar-refractivity contribution in [1.82, 2.24) is 19.7 Å². The zero-order valence-electron chi connectivity index (χ0n) is 24.3. The lowest BCUT2D eigenvalue weighted by Crippen LogP contribution is -2.55. The van der Waals surface area contributed by atoms with Crippen molar-refractivity contribution >= 4 is 23.4 Å². The number of halogens is 1. The van der Waals surface area contributed by atoms with Gasteiger partial charge in [-0.1, -0.05) is 48.0 Å². The van der Waals surface area contributed by atoms with Crippen molar-refractivity contribution in [2.75, 3.05) is 46.4 Å². The maximum absolute atomic E-state index is 13.7. The summed E-state index contributed by atoms with van der Waals surface area (Å²) in [5, 5.41) is 0.719. The highest BCUT2D eigenvalue weighted by atomic mass is 35.5. The lowest BCUT2D eigenvalue weighted by Gasteiger charge is -2.41. The number of aromatic nitrogens is 1. The number of benzene rings is 3. The second-order valence-electron chi connectivity index (χ2n) is 11.4. The van der Waals surface area contributed by atoms with Gasteiger partial charge in [0.1, 0.15) is 12.4 Å². The first kappa shape index (κ1) is 28.9. The summed E-state index contributed by atoms with van der Waals surface area (Å²) < 4.78 is 6.35. The van der Waals surface area contributed by atoms with E-state index in [9.17, 15) is 9.59 Å². The normalized spacial score (nSPS) is 16.6. The van der Waals surface area contributed by atoms with E-state index in [4.69, 9.17) is 16.3 Å². The zero-order chi connectivity index (χ0) is 29.8. The van der Waals surface area contributed by atoms with Crippen LogP contribution in [0.15, 0.2) is 91.3 Å². The molecule has 8 heteroatoms. The second kappa shape index (κ2) is 13.0. The Morgan fingerprint density at radius 2 is 1.74 bits per heavy atom. The summed E-state index contributed by atoms with van der Waals surface area (Å²) in [4.78, 5) is 37.1. The summed E-state index contributed by atoms with van der Waals surface area (Å²) >= 11 is 6.03. The van der Waals surface area contributed by atoms with Crippen LogP contribution in [0.4, 0.5) is 0 Å². The first-order valence-electron chi connectivity index (χ1n) is 14.7. The van der Waals surface area contributed by atoms with Gasteiger partial charge in [0, 0.05) is 74.7 Å². The lowest BCUT2D eigenvalue weighted by atomic mass is 9.97. The van der Waals surface area contributed by atoms with Crippen LogP contribution in [0.3, 0.4) is 0 Å². The predicted molar refractivity (Wildman–Crippen MR) is 168 cm³/mol. The molecule has 2 bridgehead atoms. The van der Waals surface area contributed by atoms with Crippen LogP contribution < -0.4 is 4.74 Å². The molecule has 220 valence electrons. The van der Waals surface area contributed by atoms with Crippen molar-refractivity contribution in [3.63, 3.8) is 0 Å². The monoisotopic (exact) mass is 594 g/mol. The molecule has 1 aromatic heterocycles. The molecule has 0 aliphatic carbocycles. The zero-order valence-corrected chi connectivity index (χ0v) is 25.0. The van der Waals surface area contributed by atoms with E-state index >= 15 is 0 Å². The number of carbonyl (C=O) groups is 2. The Hall–Kier alpha value is -4.20. The maximum atomic E-state index is 13.7. The van der Waals surface area contributed by atoms with Crippen LogP contribution >= 0.6 is 11.6 Å². The number of hydrogen-bond donors (Lipinski definition) is 0. The van der Waals surface area contributed by atoms with E-state index in [-0.39, 0.29) is 17.7 Å². The van der Waals surface area contributed by atoms with Crippen LogP contribution in [0.1, 0.15) is 27.0 Å². The van der Waals surface area contributed by atoms with Crippen molar-refractivity contribution in [2.24, 2.45) is 5.92 Å². The first-order chi connectivity index (χ1) is 20.9.